The monoisotopic (exact) mass is 303 g/mol. The highest BCUT2D eigenvalue weighted by Crippen LogP contribution is 2.24. The largest absolute Gasteiger partial charge is 0.385 e. The number of aromatic nitrogens is 1. The Kier molecular flexibility index (Phi) is 5.75. The molecule has 0 saturated carbocycles. The summed E-state index contributed by atoms with van der Waals surface area (Å²) in [5, 5.41) is 8.37. The number of rotatable bonds is 7. The van der Waals surface area contributed by atoms with Crippen molar-refractivity contribution in [3.63, 3.8) is 0 Å². The van der Waals surface area contributed by atoms with Crippen molar-refractivity contribution in [1.82, 2.24) is 10.3 Å². The fourth-order valence-electron chi connectivity index (χ4n) is 2.22. The lowest BCUT2D eigenvalue weighted by Gasteiger charge is -2.18. The van der Waals surface area contributed by atoms with Gasteiger partial charge in [0.2, 0.25) is 0 Å². The minimum atomic E-state index is -0.0779. The zero-order chi connectivity index (χ0) is 15.1. The summed E-state index contributed by atoms with van der Waals surface area (Å²) >= 11 is 1.68. The number of thiophene rings is 1. The molecule has 0 aliphatic heterocycles. The van der Waals surface area contributed by atoms with Crippen LogP contribution in [0.15, 0.2) is 36.0 Å². The minimum Gasteiger partial charge on any atom is -0.385 e. The van der Waals surface area contributed by atoms with Crippen molar-refractivity contribution in [3.8, 4) is 0 Å². The van der Waals surface area contributed by atoms with Crippen molar-refractivity contribution >= 4 is 22.9 Å². The van der Waals surface area contributed by atoms with Gasteiger partial charge in [-0.2, -0.15) is 0 Å². The summed E-state index contributed by atoms with van der Waals surface area (Å²) in [6, 6.07) is 5.98. The molecule has 0 saturated heterocycles. The molecule has 2 heterocycles. The molecule has 4 nitrogen and oxygen atoms in total. The number of carbonyl (C=O) groups excluding carboxylic acids is 1. The van der Waals surface area contributed by atoms with Crippen LogP contribution in [-0.4, -0.2) is 17.4 Å². The van der Waals surface area contributed by atoms with Crippen molar-refractivity contribution in [3.05, 3.63) is 46.4 Å². The quantitative estimate of drug-likeness (QED) is 0.817. The Morgan fingerprint density at radius 3 is 2.90 bits per heavy atom. The number of pyridine rings is 1. The topological polar surface area (TPSA) is 54.0 Å². The molecule has 5 heteroatoms. The average Bonchev–Trinajstić information content (AvgIpc) is 3.02. The van der Waals surface area contributed by atoms with Crippen LogP contribution in [0.25, 0.3) is 0 Å². The summed E-state index contributed by atoms with van der Waals surface area (Å²) in [7, 11) is 0. The molecule has 2 rings (SSSR count). The lowest BCUT2D eigenvalue weighted by atomic mass is 10.1. The zero-order valence-corrected chi connectivity index (χ0v) is 13.2. The van der Waals surface area contributed by atoms with E-state index in [0.29, 0.717) is 5.56 Å². The fraction of sp³-hybridized carbons (Fsp3) is 0.375. The molecule has 1 unspecified atom stereocenters. The Morgan fingerprint density at radius 1 is 1.38 bits per heavy atom. The highest BCUT2D eigenvalue weighted by Gasteiger charge is 2.18. The summed E-state index contributed by atoms with van der Waals surface area (Å²) in [6.45, 7) is 4.90. The first-order valence-electron chi connectivity index (χ1n) is 7.28. The molecule has 2 N–H and O–H groups in total. The second-order valence-electron chi connectivity index (χ2n) is 4.78. The van der Waals surface area contributed by atoms with Gasteiger partial charge in [-0.15, -0.1) is 11.3 Å². The van der Waals surface area contributed by atoms with E-state index >= 15 is 0 Å². The summed E-state index contributed by atoms with van der Waals surface area (Å²) in [4.78, 5) is 17.8. The third kappa shape index (κ3) is 4.04. The van der Waals surface area contributed by atoms with E-state index in [4.69, 9.17) is 0 Å². The van der Waals surface area contributed by atoms with Crippen LogP contribution in [0, 0.1) is 0 Å². The van der Waals surface area contributed by atoms with E-state index in [1.54, 1.807) is 23.7 Å². The number of nitrogens with zero attached hydrogens (tertiary/aromatic N) is 1. The maximum atomic E-state index is 12.5. The van der Waals surface area contributed by atoms with Crippen LogP contribution in [0.4, 0.5) is 5.69 Å². The average molecular weight is 303 g/mol. The summed E-state index contributed by atoms with van der Waals surface area (Å²) in [6.07, 6.45) is 5.27. The van der Waals surface area contributed by atoms with Crippen LogP contribution in [0.5, 0.6) is 0 Å². The van der Waals surface area contributed by atoms with Gasteiger partial charge in [-0.25, -0.2) is 0 Å². The minimum absolute atomic E-state index is 0.0668. The molecule has 112 valence electrons. The Hall–Kier alpha value is -1.88. The predicted octanol–water partition coefficient (Wildman–Crippen LogP) is 3.85. The molecule has 21 heavy (non-hydrogen) atoms. The molecule has 0 fully saturated rings. The van der Waals surface area contributed by atoms with Gasteiger partial charge in [0.05, 0.1) is 17.3 Å². The Morgan fingerprint density at radius 2 is 2.24 bits per heavy atom. The highest BCUT2D eigenvalue weighted by atomic mass is 32.1. The molecule has 0 radical (unpaired) electrons. The second kappa shape index (κ2) is 7.78. The maximum Gasteiger partial charge on any atom is 0.255 e. The third-order valence-corrected chi connectivity index (χ3v) is 4.19. The molecular formula is C16H21N3OS. The number of anilines is 1. The molecule has 0 aromatic carbocycles. The molecule has 2 aromatic rings. The maximum absolute atomic E-state index is 12.5. The number of nitrogens with one attached hydrogen (secondary N) is 2. The molecule has 0 spiro atoms. The van der Waals surface area contributed by atoms with Crippen molar-refractivity contribution in [1.29, 1.82) is 0 Å². The Balaban J connectivity index is 2.15. The molecule has 0 aliphatic carbocycles. The number of hydrogen-bond donors (Lipinski definition) is 2. The predicted molar refractivity (Wildman–Crippen MR) is 87.8 cm³/mol. The van der Waals surface area contributed by atoms with E-state index in [0.717, 1.165) is 25.1 Å². The first-order valence-corrected chi connectivity index (χ1v) is 8.16. The third-order valence-electron chi connectivity index (χ3n) is 3.20. The van der Waals surface area contributed by atoms with E-state index in [1.807, 2.05) is 24.4 Å². The van der Waals surface area contributed by atoms with Gasteiger partial charge < -0.3 is 10.6 Å². The standard InChI is InChI=1S/C16H21N3OS/c1-3-6-14(15-7-5-10-21-15)19-16(20)12-11-17-9-8-13(12)18-4-2/h5,7-11,14H,3-4,6H2,1-2H3,(H,17,18)(H,19,20). The van der Waals surface area contributed by atoms with E-state index in [-0.39, 0.29) is 11.9 Å². The van der Waals surface area contributed by atoms with E-state index in [2.05, 4.69) is 28.6 Å². The molecule has 2 aromatic heterocycles. The summed E-state index contributed by atoms with van der Waals surface area (Å²) in [5.41, 5.74) is 1.42. The first kappa shape index (κ1) is 15.5. The number of hydrogen-bond acceptors (Lipinski definition) is 4. The van der Waals surface area contributed by atoms with E-state index in [1.165, 1.54) is 4.88 Å². The van der Waals surface area contributed by atoms with Gasteiger partial charge in [0, 0.05) is 23.8 Å². The van der Waals surface area contributed by atoms with Crippen LogP contribution < -0.4 is 10.6 Å². The lowest BCUT2D eigenvalue weighted by molar-refractivity contribution is 0.0935. The number of carbonyl (C=O) groups is 1. The SMILES string of the molecule is CCCC(NC(=O)c1cnccc1NCC)c1cccs1. The molecule has 0 bridgehead atoms. The number of amides is 1. The summed E-state index contributed by atoms with van der Waals surface area (Å²) in [5.74, 6) is -0.0779. The zero-order valence-electron chi connectivity index (χ0n) is 12.4. The van der Waals surface area contributed by atoms with Gasteiger partial charge in [-0.05, 0) is 30.9 Å². The van der Waals surface area contributed by atoms with Gasteiger partial charge in [-0.1, -0.05) is 19.4 Å². The molecule has 0 aliphatic rings. The van der Waals surface area contributed by atoms with Gasteiger partial charge in [0.25, 0.3) is 5.91 Å². The van der Waals surface area contributed by atoms with Gasteiger partial charge in [0.1, 0.15) is 0 Å². The fourth-order valence-corrected chi connectivity index (χ4v) is 3.03. The lowest BCUT2D eigenvalue weighted by Crippen LogP contribution is -2.28. The van der Waals surface area contributed by atoms with Gasteiger partial charge >= 0.3 is 0 Å². The molecular weight excluding hydrogens is 282 g/mol. The van der Waals surface area contributed by atoms with Crippen LogP contribution in [0.2, 0.25) is 0 Å². The Bertz CT molecular complexity index is 569. The highest BCUT2D eigenvalue weighted by molar-refractivity contribution is 7.10. The second-order valence-corrected chi connectivity index (χ2v) is 5.76. The molecule has 1 atom stereocenters. The van der Waals surface area contributed by atoms with Crippen LogP contribution in [-0.2, 0) is 0 Å². The normalized spacial score (nSPS) is 11.9. The van der Waals surface area contributed by atoms with Crippen LogP contribution >= 0.6 is 11.3 Å². The van der Waals surface area contributed by atoms with Crippen molar-refractivity contribution < 1.29 is 4.79 Å². The van der Waals surface area contributed by atoms with E-state index in [9.17, 15) is 4.79 Å². The smallest absolute Gasteiger partial charge is 0.255 e. The molecule has 1 amide bonds. The van der Waals surface area contributed by atoms with Crippen molar-refractivity contribution in [2.75, 3.05) is 11.9 Å². The van der Waals surface area contributed by atoms with Gasteiger partial charge in [-0.3, -0.25) is 9.78 Å². The van der Waals surface area contributed by atoms with Crippen LogP contribution in [0.3, 0.4) is 0 Å². The van der Waals surface area contributed by atoms with Crippen molar-refractivity contribution in [2.45, 2.75) is 32.7 Å². The Labute approximate surface area is 129 Å². The first-order chi connectivity index (χ1) is 10.3. The summed E-state index contributed by atoms with van der Waals surface area (Å²) < 4.78 is 0. The van der Waals surface area contributed by atoms with Crippen LogP contribution in [0.1, 0.15) is 48.0 Å². The van der Waals surface area contributed by atoms with E-state index < -0.39 is 0 Å². The van der Waals surface area contributed by atoms with Gasteiger partial charge in [0.15, 0.2) is 0 Å². The van der Waals surface area contributed by atoms with Crippen molar-refractivity contribution in [2.24, 2.45) is 0 Å².